The van der Waals surface area contributed by atoms with Gasteiger partial charge in [-0.05, 0) is 18.2 Å². The van der Waals surface area contributed by atoms with E-state index in [1.165, 1.54) is 18.2 Å². The van der Waals surface area contributed by atoms with E-state index in [4.69, 9.17) is 17.3 Å². The molecular weight excluding hydrogens is 208 g/mol. The van der Waals surface area contributed by atoms with Crippen molar-refractivity contribution in [1.82, 2.24) is 0 Å². The lowest BCUT2D eigenvalue weighted by molar-refractivity contribution is -0.465. The van der Waals surface area contributed by atoms with Gasteiger partial charge in [-0.3, -0.25) is 14.9 Å². The number of ketones is 1. The molecule has 74 valence electrons. The minimum absolute atomic E-state index is 0.131. The fraction of sp³-hybridized carbons (Fsp3) is 0.125. The van der Waals surface area contributed by atoms with Crippen LogP contribution in [0.15, 0.2) is 18.2 Å². The Kier molecular flexibility index (Phi) is 3.03. The van der Waals surface area contributed by atoms with E-state index in [1.54, 1.807) is 0 Å². The maximum Gasteiger partial charge on any atom is 0.265 e. The Morgan fingerprint density at radius 2 is 2.21 bits per heavy atom. The van der Waals surface area contributed by atoms with E-state index in [-0.39, 0.29) is 11.3 Å². The van der Waals surface area contributed by atoms with Crippen molar-refractivity contribution >= 4 is 23.1 Å². The summed E-state index contributed by atoms with van der Waals surface area (Å²) in [6.07, 6.45) is 0. The molecule has 0 heterocycles. The lowest BCUT2D eigenvalue weighted by Gasteiger charge is -2.01. The van der Waals surface area contributed by atoms with Gasteiger partial charge in [0.2, 0.25) is 5.78 Å². The number of benzene rings is 1. The van der Waals surface area contributed by atoms with Crippen LogP contribution in [0.25, 0.3) is 0 Å². The zero-order valence-corrected chi connectivity index (χ0v) is 7.82. The summed E-state index contributed by atoms with van der Waals surface area (Å²) < 4.78 is 0. The Bertz CT molecular complexity index is 392. The second-order valence-corrected chi connectivity index (χ2v) is 3.08. The average molecular weight is 215 g/mol. The minimum Gasteiger partial charge on any atom is -0.398 e. The molecule has 1 aromatic carbocycles. The standard InChI is InChI=1S/C8H7ClN2O3/c9-5-1-2-6(7(10)3-5)8(12)4-11(13)14/h1-3H,4,10H2. The van der Waals surface area contributed by atoms with E-state index in [0.29, 0.717) is 5.02 Å². The number of rotatable bonds is 3. The zero-order chi connectivity index (χ0) is 10.7. The summed E-state index contributed by atoms with van der Waals surface area (Å²) in [6.45, 7) is -0.758. The van der Waals surface area contributed by atoms with Crippen LogP contribution in [0.5, 0.6) is 0 Å². The summed E-state index contributed by atoms with van der Waals surface area (Å²) in [5.41, 5.74) is 5.76. The minimum atomic E-state index is -0.758. The van der Waals surface area contributed by atoms with Gasteiger partial charge in [0.15, 0.2) is 0 Å². The topological polar surface area (TPSA) is 86.2 Å². The number of anilines is 1. The molecule has 0 amide bonds. The number of carbonyl (C=O) groups excluding carboxylic acids is 1. The molecule has 0 fully saturated rings. The molecule has 5 nitrogen and oxygen atoms in total. The van der Waals surface area contributed by atoms with E-state index in [2.05, 4.69) is 0 Å². The molecule has 0 unspecified atom stereocenters. The first-order valence-corrected chi connectivity index (χ1v) is 4.08. The van der Waals surface area contributed by atoms with E-state index < -0.39 is 17.3 Å². The number of hydrogen-bond acceptors (Lipinski definition) is 4. The highest BCUT2D eigenvalue weighted by Crippen LogP contribution is 2.18. The van der Waals surface area contributed by atoms with Gasteiger partial charge in [-0.25, -0.2) is 0 Å². The van der Waals surface area contributed by atoms with E-state index >= 15 is 0 Å². The zero-order valence-electron chi connectivity index (χ0n) is 7.07. The average Bonchev–Trinajstić information content (AvgIpc) is 2.01. The molecule has 0 radical (unpaired) electrons. The fourth-order valence-corrected chi connectivity index (χ4v) is 1.17. The van der Waals surface area contributed by atoms with Crippen LogP contribution >= 0.6 is 11.6 Å². The van der Waals surface area contributed by atoms with Crippen LogP contribution in [0.2, 0.25) is 5.02 Å². The molecule has 14 heavy (non-hydrogen) atoms. The number of carbonyl (C=O) groups is 1. The highest BCUT2D eigenvalue weighted by molar-refractivity contribution is 6.31. The third-order valence-corrected chi connectivity index (χ3v) is 1.82. The lowest BCUT2D eigenvalue weighted by Crippen LogP contribution is -2.15. The van der Waals surface area contributed by atoms with Gasteiger partial charge in [-0.15, -0.1) is 0 Å². The van der Waals surface area contributed by atoms with Gasteiger partial charge in [0, 0.05) is 21.2 Å². The van der Waals surface area contributed by atoms with Gasteiger partial charge in [0.1, 0.15) is 0 Å². The number of halogens is 1. The molecular formula is C8H7ClN2O3. The maximum absolute atomic E-state index is 11.2. The van der Waals surface area contributed by atoms with Crippen molar-refractivity contribution in [3.63, 3.8) is 0 Å². The molecule has 0 atom stereocenters. The first-order valence-electron chi connectivity index (χ1n) is 3.70. The molecule has 0 bridgehead atoms. The quantitative estimate of drug-likeness (QED) is 0.356. The molecule has 0 aromatic heterocycles. The number of nitrogens with two attached hydrogens (primary N) is 1. The van der Waals surface area contributed by atoms with Crippen LogP contribution in [0.4, 0.5) is 5.69 Å². The summed E-state index contributed by atoms with van der Waals surface area (Å²) in [5.74, 6) is -0.621. The number of Topliss-reactive ketones (excluding diaryl/α,β-unsaturated/α-hetero) is 1. The maximum atomic E-state index is 11.2. The largest absolute Gasteiger partial charge is 0.398 e. The third kappa shape index (κ3) is 2.43. The SMILES string of the molecule is Nc1cc(Cl)ccc1C(=O)C[N+](=O)[O-]. The van der Waals surface area contributed by atoms with Crippen LogP contribution in [0, 0.1) is 10.1 Å². The Morgan fingerprint density at radius 1 is 1.57 bits per heavy atom. The smallest absolute Gasteiger partial charge is 0.265 e. The second-order valence-electron chi connectivity index (χ2n) is 2.65. The Balaban J connectivity index is 2.96. The molecule has 0 saturated carbocycles. The predicted molar refractivity (Wildman–Crippen MR) is 52.1 cm³/mol. The normalized spacial score (nSPS) is 9.79. The summed E-state index contributed by atoms with van der Waals surface area (Å²) in [6, 6.07) is 4.23. The van der Waals surface area contributed by atoms with Crippen LogP contribution in [-0.4, -0.2) is 17.3 Å². The summed E-state index contributed by atoms with van der Waals surface area (Å²) >= 11 is 5.60. The van der Waals surface area contributed by atoms with Crippen molar-refractivity contribution in [3.8, 4) is 0 Å². The Labute approximate surface area is 84.6 Å². The van der Waals surface area contributed by atoms with Crippen LogP contribution in [-0.2, 0) is 0 Å². The van der Waals surface area contributed by atoms with E-state index in [9.17, 15) is 14.9 Å². The third-order valence-electron chi connectivity index (χ3n) is 1.59. The fourth-order valence-electron chi connectivity index (χ4n) is 0.990. The molecule has 0 aliphatic rings. The molecule has 0 aliphatic heterocycles. The molecule has 0 aliphatic carbocycles. The molecule has 2 N–H and O–H groups in total. The van der Waals surface area contributed by atoms with Gasteiger partial charge >= 0.3 is 0 Å². The van der Waals surface area contributed by atoms with Crippen molar-refractivity contribution in [2.75, 3.05) is 12.3 Å². The lowest BCUT2D eigenvalue weighted by atomic mass is 10.1. The first-order chi connectivity index (χ1) is 6.50. The summed E-state index contributed by atoms with van der Waals surface area (Å²) in [5, 5.41) is 10.5. The molecule has 0 spiro atoms. The Hall–Kier alpha value is -1.62. The van der Waals surface area contributed by atoms with E-state index in [1.807, 2.05) is 0 Å². The molecule has 6 heteroatoms. The number of hydrogen-bond donors (Lipinski definition) is 1. The molecule has 1 rings (SSSR count). The van der Waals surface area contributed by atoms with Gasteiger partial charge < -0.3 is 5.73 Å². The van der Waals surface area contributed by atoms with Crippen molar-refractivity contribution in [2.45, 2.75) is 0 Å². The molecule has 1 aromatic rings. The second kappa shape index (κ2) is 4.06. The number of nitrogen functional groups attached to an aromatic ring is 1. The van der Waals surface area contributed by atoms with Crippen molar-refractivity contribution < 1.29 is 9.72 Å². The van der Waals surface area contributed by atoms with Crippen LogP contribution < -0.4 is 5.73 Å². The van der Waals surface area contributed by atoms with Gasteiger partial charge in [0.25, 0.3) is 6.54 Å². The highest BCUT2D eigenvalue weighted by atomic mass is 35.5. The number of nitro groups is 1. The van der Waals surface area contributed by atoms with Crippen molar-refractivity contribution in [3.05, 3.63) is 38.9 Å². The molecule has 0 saturated heterocycles. The predicted octanol–water partition coefficient (Wildman–Crippen LogP) is 1.38. The monoisotopic (exact) mass is 214 g/mol. The van der Waals surface area contributed by atoms with E-state index in [0.717, 1.165) is 0 Å². The van der Waals surface area contributed by atoms with Crippen LogP contribution in [0.3, 0.4) is 0 Å². The van der Waals surface area contributed by atoms with Crippen molar-refractivity contribution in [1.29, 1.82) is 0 Å². The van der Waals surface area contributed by atoms with Crippen molar-refractivity contribution in [2.24, 2.45) is 0 Å². The summed E-state index contributed by atoms with van der Waals surface area (Å²) in [7, 11) is 0. The van der Waals surface area contributed by atoms with Gasteiger partial charge in [-0.2, -0.15) is 0 Å². The highest BCUT2D eigenvalue weighted by Gasteiger charge is 2.15. The summed E-state index contributed by atoms with van der Waals surface area (Å²) in [4.78, 5) is 20.6. The number of nitrogens with zero attached hydrogens (tertiary/aromatic N) is 1. The van der Waals surface area contributed by atoms with Gasteiger partial charge in [0.05, 0.1) is 0 Å². The van der Waals surface area contributed by atoms with Gasteiger partial charge in [-0.1, -0.05) is 11.6 Å². The first kappa shape index (κ1) is 10.5. The van der Waals surface area contributed by atoms with Crippen LogP contribution in [0.1, 0.15) is 10.4 Å². The Morgan fingerprint density at radius 3 is 2.71 bits per heavy atom.